The highest BCUT2D eigenvalue weighted by Gasteiger charge is 2.11. The predicted octanol–water partition coefficient (Wildman–Crippen LogP) is 1.80. The molecule has 0 bridgehead atoms. The smallest absolute Gasteiger partial charge is 0.338 e. The van der Waals surface area contributed by atoms with Crippen LogP contribution in [0.15, 0.2) is 18.2 Å². The van der Waals surface area contributed by atoms with E-state index >= 15 is 0 Å². The number of carbonyl (C=O) groups excluding carboxylic acids is 1. The van der Waals surface area contributed by atoms with E-state index < -0.39 is 5.97 Å². The molecule has 0 fully saturated rings. The van der Waals surface area contributed by atoms with Crippen LogP contribution in [0.2, 0.25) is 0 Å². The van der Waals surface area contributed by atoms with Gasteiger partial charge in [-0.15, -0.1) is 0 Å². The fourth-order valence-corrected chi connectivity index (χ4v) is 1.36. The van der Waals surface area contributed by atoms with Crippen LogP contribution in [0.1, 0.15) is 22.8 Å². The highest BCUT2D eigenvalue weighted by atomic mass is 16.5. The number of nitriles is 1. The average Bonchev–Trinajstić information content (AvgIpc) is 2.28. The van der Waals surface area contributed by atoms with Crippen LogP contribution in [0.5, 0.6) is 0 Å². The standard InChI is InChI=1S/C12H14N2O2/c1-4-16-12(15)9-5-6-11(14(2)3)10(7-9)8-13/h5-7H,4H2,1-3H3. The third-order valence-electron chi connectivity index (χ3n) is 2.11. The fourth-order valence-electron chi connectivity index (χ4n) is 1.36. The second kappa shape index (κ2) is 5.17. The van der Waals surface area contributed by atoms with Crippen molar-refractivity contribution >= 4 is 11.7 Å². The molecule has 0 N–H and O–H groups in total. The lowest BCUT2D eigenvalue weighted by Gasteiger charge is -2.14. The van der Waals surface area contributed by atoms with Gasteiger partial charge >= 0.3 is 5.97 Å². The Labute approximate surface area is 95.0 Å². The molecule has 0 spiro atoms. The Balaban J connectivity index is 3.10. The van der Waals surface area contributed by atoms with Crippen molar-refractivity contribution < 1.29 is 9.53 Å². The van der Waals surface area contributed by atoms with Crippen LogP contribution in [0.3, 0.4) is 0 Å². The number of carbonyl (C=O) groups is 1. The Hall–Kier alpha value is -2.02. The Morgan fingerprint density at radius 3 is 2.69 bits per heavy atom. The maximum Gasteiger partial charge on any atom is 0.338 e. The predicted molar refractivity (Wildman–Crippen MR) is 61.4 cm³/mol. The molecule has 0 saturated heterocycles. The molecule has 1 aromatic rings. The first-order chi connectivity index (χ1) is 7.60. The van der Waals surface area contributed by atoms with Gasteiger partial charge in [0.25, 0.3) is 0 Å². The molecule has 4 heteroatoms. The van der Waals surface area contributed by atoms with Crippen molar-refractivity contribution in [3.63, 3.8) is 0 Å². The number of anilines is 1. The fraction of sp³-hybridized carbons (Fsp3) is 0.333. The van der Waals surface area contributed by atoms with Crippen molar-refractivity contribution in [1.29, 1.82) is 5.26 Å². The van der Waals surface area contributed by atoms with Gasteiger partial charge in [0.05, 0.1) is 23.4 Å². The summed E-state index contributed by atoms with van der Waals surface area (Å²) in [5.74, 6) is -0.399. The maximum absolute atomic E-state index is 11.4. The SMILES string of the molecule is CCOC(=O)c1ccc(N(C)C)c(C#N)c1. The molecular formula is C12H14N2O2. The van der Waals surface area contributed by atoms with Crippen molar-refractivity contribution in [3.05, 3.63) is 29.3 Å². The number of hydrogen-bond acceptors (Lipinski definition) is 4. The molecule has 4 nitrogen and oxygen atoms in total. The molecule has 0 saturated carbocycles. The zero-order chi connectivity index (χ0) is 12.1. The first-order valence-electron chi connectivity index (χ1n) is 4.98. The van der Waals surface area contributed by atoms with Crippen molar-refractivity contribution in [1.82, 2.24) is 0 Å². The Kier molecular flexibility index (Phi) is 3.90. The summed E-state index contributed by atoms with van der Waals surface area (Å²) in [6.45, 7) is 2.08. The summed E-state index contributed by atoms with van der Waals surface area (Å²) in [6.07, 6.45) is 0. The largest absolute Gasteiger partial charge is 0.462 e. The average molecular weight is 218 g/mol. The molecule has 0 aliphatic rings. The quantitative estimate of drug-likeness (QED) is 0.726. The first-order valence-corrected chi connectivity index (χ1v) is 4.98. The summed E-state index contributed by atoms with van der Waals surface area (Å²) in [6, 6.07) is 7.02. The first kappa shape index (κ1) is 12.1. The van der Waals surface area contributed by atoms with Gasteiger partial charge in [0.15, 0.2) is 0 Å². The number of nitrogens with zero attached hydrogens (tertiary/aromatic N) is 2. The van der Waals surface area contributed by atoms with Crippen molar-refractivity contribution in [2.24, 2.45) is 0 Å². The summed E-state index contributed by atoms with van der Waals surface area (Å²) in [5.41, 5.74) is 1.66. The van der Waals surface area contributed by atoms with E-state index in [1.165, 1.54) is 0 Å². The second-order valence-corrected chi connectivity index (χ2v) is 3.46. The van der Waals surface area contributed by atoms with Gasteiger partial charge in [-0.1, -0.05) is 0 Å². The molecule has 0 aliphatic heterocycles. The van der Waals surface area contributed by atoms with Crippen molar-refractivity contribution in [2.45, 2.75) is 6.92 Å². The van der Waals surface area contributed by atoms with Gasteiger partial charge in [0, 0.05) is 14.1 Å². The van der Waals surface area contributed by atoms with E-state index in [-0.39, 0.29) is 0 Å². The maximum atomic E-state index is 11.4. The number of hydrogen-bond donors (Lipinski definition) is 0. The highest BCUT2D eigenvalue weighted by molar-refractivity contribution is 5.90. The summed E-state index contributed by atoms with van der Waals surface area (Å²) in [7, 11) is 3.69. The van der Waals surface area contributed by atoms with Crippen LogP contribution in [0.4, 0.5) is 5.69 Å². The van der Waals surface area contributed by atoms with Crippen molar-refractivity contribution in [3.8, 4) is 6.07 Å². The lowest BCUT2D eigenvalue weighted by atomic mass is 10.1. The second-order valence-electron chi connectivity index (χ2n) is 3.46. The Morgan fingerprint density at radius 2 is 2.19 bits per heavy atom. The third-order valence-corrected chi connectivity index (χ3v) is 2.11. The van der Waals surface area contributed by atoms with E-state index in [0.29, 0.717) is 17.7 Å². The minimum absolute atomic E-state index is 0.330. The summed E-state index contributed by atoms with van der Waals surface area (Å²) >= 11 is 0. The van der Waals surface area contributed by atoms with Crippen LogP contribution >= 0.6 is 0 Å². The summed E-state index contributed by atoms with van der Waals surface area (Å²) in [4.78, 5) is 13.3. The highest BCUT2D eigenvalue weighted by Crippen LogP contribution is 2.19. The zero-order valence-electron chi connectivity index (χ0n) is 9.65. The van der Waals surface area contributed by atoms with Crippen LogP contribution in [0, 0.1) is 11.3 Å². The van der Waals surface area contributed by atoms with Crippen LogP contribution in [-0.2, 0) is 4.74 Å². The number of ether oxygens (including phenoxy) is 1. The van der Waals surface area contributed by atoms with E-state index in [0.717, 1.165) is 5.69 Å². The molecule has 0 amide bonds. The molecule has 0 aliphatic carbocycles. The minimum Gasteiger partial charge on any atom is -0.462 e. The van der Waals surface area contributed by atoms with Gasteiger partial charge in [-0.05, 0) is 25.1 Å². The molecule has 84 valence electrons. The molecular weight excluding hydrogens is 204 g/mol. The Morgan fingerprint density at radius 1 is 1.50 bits per heavy atom. The molecule has 0 unspecified atom stereocenters. The molecule has 0 atom stereocenters. The number of esters is 1. The monoisotopic (exact) mass is 218 g/mol. The molecule has 1 rings (SSSR count). The molecule has 0 heterocycles. The lowest BCUT2D eigenvalue weighted by Crippen LogP contribution is -2.12. The van der Waals surface area contributed by atoms with Gasteiger partial charge < -0.3 is 9.64 Å². The normalized spacial score (nSPS) is 9.38. The van der Waals surface area contributed by atoms with Crippen LogP contribution in [-0.4, -0.2) is 26.7 Å². The van der Waals surface area contributed by atoms with Gasteiger partial charge in [-0.2, -0.15) is 5.26 Å². The molecule has 0 aromatic heterocycles. The van der Waals surface area contributed by atoms with E-state index in [4.69, 9.17) is 10.00 Å². The van der Waals surface area contributed by atoms with Gasteiger partial charge in [0.1, 0.15) is 6.07 Å². The Bertz CT molecular complexity index is 433. The zero-order valence-corrected chi connectivity index (χ0v) is 9.65. The number of benzene rings is 1. The van der Waals surface area contributed by atoms with Crippen molar-refractivity contribution in [2.75, 3.05) is 25.6 Å². The molecule has 0 radical (unpaired) electrons. The molecule has 1 aromatic carbocycles. The van der Waals surface area contributed by atoms with Crippen LogP contribution < -0.4 is 4.90 Å². The summed E-state index contributed by atoms with van der Waals surface area (Å²) in [5, 5.41) is 8.97. The van der Waals surface area contributed by atoms with E-state index in [1.807, 2.05) is 19.0 Å². The van der Waals surface area contributed by atoms with Gasteiger partial charge in [-0.3, -0.25) is 0 Å². The lowest BCUT2D eigenvalue weighted by molar-refractivity contribution is 0.0526. The van der Waals surface area contributed by atoms with E-state index in [1.54, 1.807) is 25.1 Å². The number of rotatable bonds is 3. The van der Waals surface area contributed by atoms with E-state index in [9.17, 15) is 4.79 Å². The van der Waals surface area contributed by atoms with Crippen LogP contribution in [0.25, 0.3) is 0 Å². The molecule has 16 heavy (non-hydrogen) atoms. The summed E-state index contributed by atoms with van der Waals surface area (Å²) < 4.78 is 4.87. The topological polar surface area (TPSA) is 53.3 Å². The van der Waals surface area contributed by atoms with Gasteiger partial charge in [-0.25, -0.2) is 4.79 Å². The third kappa shape index (κ3) is 2.51. The van der Waals surface area contributed by atoms with E-state index in [2.05, 4.69) is 6.07 Å². The van der Waals surface area contributed by atoms with Gasteiger partial charge in [0.2, 0.25) is 0 Å². The minimum atomic E-state index is -0.399.